The number of aromatic nitrogens is 2. The van der Waals surface area contributed by atoms with Gasteiger partial charge >= 0.3 is 6.09 Å². The second-order valence-electron chi connectivity index (χ2n) is 3.98. The Hall–Kier alpha value is -2.91. The Kier molecular flexibility index (Phi) is 3.64. The molecule has 5 N–H and O–H groups in total. The van der Waals surface area contributed by atoms with Gasteiger partial charge in [-0.25, -0.2) is 9.78 Å². The van der Waals surface area contributed by atoms with E-state index in [-0.39, 0.29) is 12.3 Å². The molecule has 0 saturated carbocycles. The molecular weight excluding hydrogens is 270 g/mol. The minimum atomic E-state index is -1.42. The molecule has 0 bridgehead atoms. The van der Waals surface area contributed by atoms with Crippen molar-refractivity contribution in [3.05, 3.63) is 12.5 Å². The summed E-state index contributed by atoms with van der Waals surface area (Å²) in [4.78, 5) is 41.0. The van der Waals surface area contributed by atoms with Gasteiger partial charge in [0.1, 0.15) is 18.1 Å². The summed E-state index contributed by atoms with van der Waals surface area (Å²) in [5.74, 6) is -1.30. The molecule has 10 nitrogen and oxygen atoms in total. The number of ether oxygens (including phenoxy) is 1. The number of hydrogen-bond donors (Lipinski definition) is 4. The van der Waals surface area contributed by atoms with Crippen LogP contribution in [-0.4, -0.2) is 45.1 Å². The fourth-order valence-corrected chi connectivity index (χ4v) is 1.66. The Balaban J connectivity index is 2.11. The lowest BCUT2D eigenvalue weighted by Crippen LogP contribution is -2.49. The number of carboxylic acid groups (broad SMARTS) is 1. The molecule has 0 spiro atoms. The van der Waals surface area contributed by atoms with E-state index in [1.807, 2.05) is 5.32 Å². The maximum absolute atomic E-state index is 11.8. The molecule has 1 aliphatic rings. The van der Waals surface area contributed by atoms with Crippen molar-refractivity contribution in [2.75, 3.05) is 5.32 Å². The Morgan fingerprint density at radius 2 is 2.35 bits per heavy atom. The zero-order chi connectivity index (χ0) is 14.7. The van der Waals surface area contributed by atoms with Crippen LogP contribution in [0.5, 0.6) is 5.88 Å². The van der Waals surface area contributed by atoms with Crippen LogP contribution in [0.4, 0.5) is 10.5 Å². The van der Waals surface area contributed by atoms with Gasteiger partial charge < -0.3 is 26.2 Å². The van der Waals surface area contributed by atoms with Gasteiger partial charge in [-0.1, -0.05) is 0 Å². The molecule has 0 aromatic carbocycles. The van der Waals surface area contributed by atoms with Gasteiger partial charge in [-0.05, 0) is 0 Å². The molecule has 1 aliphatic heterocycles. The number of nitrogens with zero attached hydrogens (tertiary/aromatic N) is 2. The number of carbonyl (C=O) groups excluding carboxylic acids is 2. The number of carbonyl (C=O) groups is 3. The summed E-state index contributed by atoms with van der Waals surface area (Å²) in [7, 11) is 0. The van der Waals surface area contributed by atoms with Crippen LogP contribution in [0, 0.1) is 0 Å². The van der Waals surface area contributed by atoms with Crippen LogP contribution < -0.4 is 21.1 Å². The second kappa shape index (κ2) is 5.38. The van der Waals surface area contributed by atoms with Crippen molar-refractivity contribution < 1.29 is 24.2 Å². The Labute approximate surface area is 112 Å². The SMILES string of the molecule is NC(=O)C(CC1Oc2ncncc2NC1=O)NC(=O)O. The molecule has 2 unspecified atom stereocenters. The third kappa shape index (κ3) is 2.91. The van der Waals surface area contributed by atoms with Crippen molar-refractivity contribution >= 4 is 23.6 Å². The number of anilines is 1. The van der Waals surface area contributed by atoms with Crippen molar-refractivity contribution in [1.82, 2.24) is 15.3 Å². The van der Waals surface area contributed by atoms with Crippen LogP contribution in [0.15, 0.2) is 12.5 Å². The lowest BCUT2D eigenvalue weighted by Gasteiger charge is -2.26. The molecule has 20 heavy (non-hydrogen) atoms. The summed E-state index contributed by atoms with van der Waals surface area (Å²) in [5, 5.41) is 13.0. The van der Waals surface area contributed by atoms with Gasteiger partial charge in [-0.2, -0.15) is 4.98 Å². The molecule has 10 heteroatoms. The van der Waals surface area contributed by atoms with Gasteiger partial charge in [0.05, 0.1) is 6.20 Å². The van der Waals surface area contributed by atoms with Crippen molar-refractivity contribution in [3.63, 3.8) is 0 Å². The standard InChI is InChI=1S/C10H11N5O5/c11-7(16)4(15-10(18)19)1-6-8(17)14-5-2-12-3-13-9(5)20-6/h2-4,6,15H,1H2,(H2,11,16)(H,14,17)(H,18,19). The first-order valence-electron chi connectivity index (χ1n) is 5.53. The molecule has 2 heterocycles. The number of primary amides is 1. The highest BCUT2D eigenvalue weighted by atomic mass is 16.5. The first-order chi connectivity index (χ1) is 9.47. The lowest BCUT2D eigenvalue weighted by molar-refractivity contribution is -0.125. The molecule has 0 radical (unpaired) electrons. The van der Waals surface area contributed by atoms with E-state index < -0.39 is 30.1 Å². The van der Waals surface area contributed by atoms with Gasteiger partial charge in [-0.15, -0.1) is 0 Å². The molecule has 106 valence electrons. The van der Waals surface area contributed by atoms with Gasteiger partial charge in [0, 0.05) is 6.42 Å². The van der Waals surface area contributed by atoms with E-state index >= 15 is 0 Å². The van der Waals surface area contributed by atoms with Crippen LogP contribution in [0.25, 0.3) is 0 Å². The van der Waals surface area contributed by atoms with E-state index in [0.717, 1.165) is 0 Å². The predicted octanol–water partition coefficient (Wildman–Crippen LogP) is -1.31. The molecule has 0 saturated heterocycles. The van der Waals surface area contributed by atoms with E-state index in [0.29, 0.717) is 5.69 Å². The topological polar surface area (TPSA) is 157 Å². The fraction of sp³-hybridized carbons (Fsp3) is 0.300. The van der Waals surface area contributed by atoms with Gasteiger partial charge in [0.2, 0.25) is 11.8 Å². The summed E-state index contributed by atoms with van der Waals surface area (Å²) < 4.78 is 5.30. The van der Waals surface area contributed by atoms with E-state index in [1.54, 1.807) is 0 Å². The van der Waals surface area contributed by atoms with Crippen LogP contribution in [0.2, 0.25) is 0 Å². The first-order valence-corrected chi connectivity index (χ1v) is 5.53. The molecule has 1 aromatic rings. The molecule has 1 aromatic heterocycles. The van der Waals surface area contributed by atoms with Gasteiger partial charge in [0.15, 0.2) is 6.10 Å². The van der Waals surface area contributed by atoms with Crippen LogP contribution in [-0.2, 0) is 9.59 Å². The average Bonchev–Trinajstić information content (AvgIpc) is 2.38. The molecule has 2 atom stereocenters. The van der Waals surface area contributed by atoms with E-state index in [9.17, 15) is 14.4 Å². The minimum absolute atomic E-state index is 0.142. The lowest BCUT2D eigenvalue weighted by atomic mass is 10.1. The summed E-state index contributed by atoms with van der Waals surface area (Å²) >= 11 is 0. The maximum atomic E-state index is 11.8. The maximum Gasteiger partial charge on any atom is 0.405 e. The fourth-order valence-electron chi connectivity index (χ4n) is 1.66. The third-order valence-corrected chi connectivity index (χ3v) is 2.57. The quantitative estimate of drug-likeness (QED) is 0.533. The third-order valence-electron chi connectivity index (χ3n) is 2.57. The van der Waals surface area contributed by atoms with E-state index in [1.165, 1.54) is 12.5 Å². The largest absolute Gasteiger partial charge is 0.465 e. The van der Waals surface area contributed by atoms with Gasteiger partial charge in [-0.3, -0.25) is 9.59 Å². The molecular formula is C10H11N5O5. The predicted molar refractivity (Wildman–Crippen MR) is 63.8 cm³/mol. The molecule has 0 fully saturated rings. The number of rotatable bonds is 4. The summed E-state index contributed by atoms with van der Waals surface area (Å²) in [5.41, 5.74) is 5.37. The van der Waals surface area contributed by atoms with Gasteiger partial charge in [0.25, 0.3) is 5.91 Å². The van der Waals surface area contributed by atoms with Crippen LogP contribution in [0.3, 0.4) is 0 Å². The van der Waals surface area contributed by atoms with Crippen LogP contribution in [0.1, 0.15) is 6.42 Å². The van der Waals surface area contributed by atoms with Crippen LogP contribution >= 0.6 is 0 Å². The van der Waals surface area contributed by atoms with E-state index in [2.05, 4.69) is 15.3 Å². The van der Waals surface area contributed by atoms with Crippen molar-refractivity contribution in [1.29, 1.82) is 0 Å². The highest BCUT2D eigenvalue weighted by Gasteiger charge is 2.33. The van der Waals surface area contributed by atoms with Crippen molar-refractivity contribution in [2.24, 2.45) is 5.73 Å². The highest BCUT2D eigenvalue weighted by molar-refractivity contribution is 5.97. The van der Waals surface area contributed by atoms with Crippen molar-refractivity contribution in [2.45, 2.75) is 18.6 Å². The molecule has 2 rings (SSSR count). The first kappa shape index (κ1) is 13.5. The number of amides is 3. The molecule has 0 aliphatic carbocycles. The summed E-state index contributed by atoms with van der Waals surface area (Å²) in [6, 6.07) is -1.24. The zero-order valence-corrected chi connectivity index (χ0v) is 10.1. The smallest absolute Gasteiger partial charge is 0.405 e. The highest BCUT2D eigenvalue weighted by Crippen LogP contribution is 2.26. The number of nitrogens with two attached hydrogens (primary N) is 1. The Morgan fingerprint density at radius 3 is 3.00 bits per heavy atom. The number of nitrogens with one attached hydrogen (secondary N) is 2. The van der Waals surface area contributed by atoms with Crippen molar-refractivity contribution in [3.8, 4) is 5.88 Å². The average molecular weight is 281 g/mol. The second-order valence-corrected chi connectivity index (χ2v) is 3.98. The van der Waals surface area contributed by atoms with E-state index in [4.69, 9.17) is 15.6 Å². The minimum Gasteiger partial charge on any atom is -0.465 e. The normalized spacial score (nSPS) is 18.2. The Morgan fingerprint density at radius 1 is 1.60 bits per heavy atom. The summed E-state index contributed by atoms with van der Waals surface area (Å²) in [6.07, 6.45) is -0.155. The molecule has 3 amide bonds. The zero-order valence-electron chi connectivity index (χ0n) is 10.1. The number of fused-ring (bicyclic) bond motifs is 1. The monoisotopic (exact) mass is 281 g/mol. The Bertz CT molecular complexity index is 563. The summed E-state index contributed by atoms with van der Waals surface area (Å²) in [6.45, 7) is 0. The number of hydrogen-bond acceptors (Lipinski definition) is 6.